The highest BCUT2D eigenvalue weighted by atomic mass is 35.5. The van der Waals surface area contributed by atoms with E-state index in [0.717, 1.165) is 0 Å². The van der Waals surface area contributed by atoms with Gasteiger partial charge in [-0.25, -0.2) is 19.4 Å². The van der Waals surface area contributed by atoms with Crippen LogP contribution in [-0.4, -0.2) is 35.4 Å². The number of carbonyl (C=O) groups excluding carboxylic acids is 2. The number of aryl methyl sites for hydroxylation is 1. The van der Waals surface area contributed by atoms with E-state index in [-0.39, 0.29) is 27.1 Å². The molecule has 0 spiro atoms. The first-order valence-corrected chi connectivity index (χ1v) is 10.7. The number of hydrogen-bond acceptors (Lipinski definition) is 6. The summed E-state index contributed by atoms with van der Waals surface area (Å²) in [5, 5.41) is 5.52. The molecule has 0 bridgehead atoms. The maximum atomic E-state index is 13.4. The Labute approximate surface area is 201 Å². The highest BCUT2D eigenvalue weighted by Gasteiger charge is 2.45. The van der Waals surface area contributed by atoms with Gasteiger partial charge in [-0.1, -0.05) is 35.3 Å². The number of anilines is 2. The number of halogens is 3. The van der Waals surface area contributed by atoms with Gasteiger partial charge >= 0.3 is 0 Å². The molecule has 11 heteroatoms. The van der Waals surface area contributed by atoms with Crippen LogP contribution >= 0.6 is 23.2 Å². The van der Waals surface area contributed by atoms with Crippen molar-refractivity contribution in [3.63, 3.8) is 0 Å². The number of nitrogens with two attached hydrogens (primary N) is 1. The summed E-state index contributed by atoms with van der Waals surface area (Å²) >= 11 is 12.9. The van der Waals surface area contributed by atoms with E-state index in [4.69, 9.17) is 33.7 Å². The molecule has 2 amide bonds. The van der Waals surface area contributed by atoms with Gasteiger partial charge in [0.05, 0.1) is 16.3 Å². The van der Waals surface area contributed by atoms with Gasteiger partial charge in [-0.3, -0.25) is 9.59 Å². The van der Waals surface area contributed by atoms with Gasteiger partial charge in [0.1, 0.15) is 10.7 Å². The van der Waals surface area contributed by atoms with Crippen LogP contribution in [0, 0.1) is 6.92 Å². The largest absolute Gasteiger partial charge is 0.364 e. The van der Waals surface area contributed by atoms with E-state index >= 15 is 0 Å². The van der Waals surface area contributed by atoms with Crippen molar-refractivity contribution in [2.45, 2.75) is 39.5 Å². The zero-order valence-corrected chi connectivity index (χ0v) is 20.0. The van der Waals surface area contributed by atoms with Crippen LogP contribution in [0.15, 0.2) is 47.3 Å². The number of aromatic nitrogens is 1. The Morgan fingerprint density at radius 1 is 1.24 bits per heavy atom. The van der Waals surface area contributed by atoms with Gasteiger partial charge in [0.25, 0.3) is 11.8 Å². The molecule has 3 rings (SSSR count). The van der Waals surface area contributed by atoms with Crippen molar-refractivity contribution >= 4 is 46.5 Å². The fourth-order valence-electron chi connectivity index (χ4n) is 3.48. The Morgan fingerprint density at radius 2 is 1.94 bits per heavy atom. The summed E-state index contributed by atoms with van der Waals surface area (Å²) in [6.45, 7) is 6.06. The molecule has 8 nitrogen and oxygen atoms in total. The molecule has 2 heterocycles. The molecule has 0 fully saturated rings. The van der Waals surface area contributed by atoms with Crippen molar-refractivity contribution < 1.29 is 18.7 Å². The minimum absolute atomic E-state index is 0.0986. The third-order valence-electron chi connectivity index (χ3n) is 4.69. The van der Waals surface area contributed by atoms with Gasteiger partial charge in [-0.15, -0.1) is 0 Å². The Kier molecular flexibility index (Phi) is 7.16. The fraction of sp³-hybridized carbons (Fsp3) is 0.318. The molecular weight excluding hydrogens is 472 g/mol. The maximum absolute atomic E-state index is 13.4. The van der Waals surface area contributed by atoms with Crippen LogP contribution in [0.25, 0.3) is 0 Å². The lowest BCUT2D eigenvalue weighted by molar-refractivity contribution is -0.114. The standard InChI is InChI=1S/C22H24Cl2FN5O3/c1-12-7-5-8-13(20(32)28-22(2,3)4)16(12)30-21(33-11-25)15(24)17(18(26)31)29(30)19-14(23)9-6-10-27-19/h5-10,21H,11H2,1-4H3,(H2,26,31)(H,28,32). The fourth-order valence-corrected chi connectivity index (χ4v) is 4.01. The molecule has 3 N–H and O–H groups in total. The summed E-state index contributed by atoms with van der Waals surface area (Å²) in [7, 11) is 0. The second-order valence-electron chi connectivity index (χ2n) is 8.33. The maximum Gasteiger partial charge on any atom is 0.268 e. The molecule has 0 saturated heterocycles. The number of hydrogen-bond donors (Lipinski definition) is 2. The Morgan fingerprint density at radius 3 is 2.52 bits per heavy atom. The van der Waals surface area contributed by atoms with E-state index in [1.807, 2.05) is 20.8 Å². The predicted octanol–water partition coefficient (Wildman–Crippen LogP) is 4.02. The number of nitrogens with one attached hydrogen (secondary N) is 1. The van der Waals surface area contributed by atoms with E-state index in [0.29, 0.717) is 11.3 Å². The second kappa shape index (κ2) is 9.54. The molecular formula is C22H24Cl2FN5O3. The zero-order valence-electron chi connectivity index (χ0n) is 18.5. The number of hydrazine groups is 1. The molecule has 0 saturated carbocycles. The lowest BCUT2D eigenvalue weighted by Gasteiger charge is -2.37. The summed E-state index contributed by atoms with van der Waals surface area (Å²) < 4.78 is 18.7. The summed E-state index contributed by atoms with van der Waals surface area (Å²) in [5.41, 5.74) is 6.07. The lowest BCUT2D eigenvalue weighted by atomic mass is 10.0. The first-order valence-electron chi connectivity index (χ1n) is 9.97. The number of primary amides is 1. The van der Waals surface area contributed by atoms with E-state index in [9.17, 15) is 14.0 Å². The van der Waals surface area contributed by atoms with Crippen LogP contribution in [-0.2, 0) is 9.53 Å². The predicted molar refractivity (Wildman–Crippen MR) is 126 cm³/mol. The first kappa shape index (κ1) is 24.8. The van der Waals surface area contributed by atoms with Crippen LogP contribution in [0.5, 0.6) is 0 Å². The summed E-state index contributed by atoms with van der Waals surface area (Å²) in [6.07, 6.45) is 0.153. The molecule has 176 valence electrons. The van der Waals surface area contributed by atoms with Crippen molar-refractivity contribution in [2.75, 3.05) is 16.9 Å². The SMILES string of the molecule is Cc1cccc(C(=O)NC(C)(C)C)c1N1C(OCF)C(Cl)=C(C(N)=O)N1c1ncccc1Cl. The van der Waals surface area contributed by atoms with Crippen LogP contribution in [0.1, 0.15) is 36.7 Å². The minimum Gasteiger partial charge on any atom is -0.364 e. The van der Waals surface area contributed by atoms with Gasteiger partial charge in [-0.05, 0) is 51.5 Å². The van der Waals surface area contributed by atoms with Crippen LogP contribution in [0.3, 0.4) is 0 Å². The van der Waals surface area contributed by atoms with Crippen molar-refractivity contribution in [3.05, 3.63) is 63.4 Å². The number of para-hydroxylation sites is 1. The lowest BCUT2D eigenvalue weighted by Crippen LogP contribution is -2.48. The highest BCUT2D eigenvalue weighted by Crippen LogP contribution is 2.43. The molecule has 0 radical (unpaired) electrons. The second-order valence-corrected chi connectivity index (χ2v) is 9.14. The normalized spacial score (nSPS) is 16.4. The smallest absolute Gasteiger partial charge is 0.268 e. The van der Waals surface area contributed by atoms with Gasteiger partial charge in [0.2, 0.25) is 0 Å². The van der Waals surface area contributed by atoms with Crippen molar-refractivity contribution in [1.82, 2.24) is 10.3 Å². The number of rotatable bonds is 6. The van der Waals surface area contributed by atoms with E-state index < -0.39 is 30.4 Å². The van der Waals surface area contributed by atoms with E-state index in [1.165, 1.54) is 16.2 Å². The molecule has 1 aromatic carbocycles. The monoisotopic (exact) mass is 495 g/mol. The third-order valence-corrected chi connectivity index (χ3v) is 5.35. The quantitative estimate of drug-likeness (QED) is 0.627. The molecule has 1 aliphatic heterocycles. The highest BCUT2D eigenvalue weighted by molar-refractivity contribution is 6.35. The molecule has 2 aromatic rings. The average molecular weight is 496 g/mol. The summed E-state index contributed by atoms with van der Waals surface area (Å²) in [4.78, 5) is 29.9. The minimum atomic E-state index is -1.31. The number of benzene rings is 1. The van der Waals surface area contributed by atoms with E-state index in [2.05, 4.69) is 10.3 Å². The van der Waals surface area contributed by atoms with Crippen molar-refractivity contribution in [3.8, 4) is 0 Å². The molecule has 33 heavy (non-hydrogen) atoms. The van der Waals surface area contributed by atoms with Crippen LogP contribution < -0.4 is 21.1 Å². The van der Waals surface area contributed by atoms with Gasteiger partial charge in [0, 0.05) is 11.7 Å². The van der Waals surface area contributed by atoms with Crippen molar-refractivity contribution in [2.24, 2.45) is 5.73 Å². The topological polar surface area (TPSA) is 101 Å². The molecule has 1 aromatic heterocycles. The summed E-state index contributed by atoms with van der Waals surface area (Å²) in [5.74, 6) is -1.21. The van der Waals surface area contributed by atoms with Crippen LogP contribution in [0.4, 0.5) is 15.9 Å². The molecule has 0 aliphatic carbocycles. The Balaban J connectivity index is 2.30. The number of alkyl halides is 1. The number of pyridine rings is 1. The molecule has 1 aliphatic rings. The van der Waals surface area contributed by atoms with E-state index in [1.54, 1.807) is 37.3 Å². The van der Waals surface area contributed by atoms with Gasteiger partial charge in [0.15, 0.2) is 18.9 Å². The number of nitrogens with zero attached hydrogens (tertiary/aromatic N) is 3. The van der Waals surface area contributed by atoms with Gasteiger partial charge < -0.3 is 15.8 Å². The summed E-state index contributed by atoms with van der Waals surface area (Å²) in [6, 6.07) is 8.23. The van der Waals surface area contributed by atoms with Gasteiger partial charge in [-0.2, -0.15) is 0 Å². The number of ether oxygens (including phenoxy) is 1. The zero-order chi connectivity index (χ0) is 24.5. The third kappa shape index (κ3) is 4.90. The number of amides is 2. The Hall–Kier alpha value is -2.88. The molecule has 1 atom stereocenters. The van der Waals surface area contributed by atoms with Crippen LogP contribution in [0.2, 0.25) is 5.02 Å². The Bertz CT molecular complexity index is 1120. The number of carbonyl (C=O) groups is 2. The molecule has 1 unspecified atom stereocenters. The first-order chi connectivity index (χ1) is 15.5. The average Bonchev–Trinajstić information content (AvgIpc) is 2.99. The van der Waals surface area contributed by atoms with Crippen molar-refractivity contribution in [1.29, 1.82) is 0 Å².